The molecule has 5 fully saturated rings. The highest BCUT2D eigenvalue weighted by molar-refractivity contribution is 7.85. The third-order valence-electron chi connectivity index (χ3n) is 13.3. The van der Waals surface area contributed by atoms with Crippen LogP contribution in [0.25, 0.3) is 0 Å². The zero-order valence-electron chi connectivity index (χ0n) is 37.7. The summed E-state index contributed by atoms with van der Waals surface area (Å²) in [7, 11) is 0. The molecule has 6 rings (SSSR count). The summed E-state index contributed by atoms with van der Waals surface area (Å²) in [6, 6.07) is 3.52. The van der Waals surface area contributed by atoms with E-state index >= 15 is 4.79 Å². The molecule has 4 N–H and O–H groups in total. The fourth-order valence-corrected chi connectivity index (χ4v) is 10.1. The quantitative estimate of drug-likeness (QED) is 0.0702. The van der Waals surface area contributed by atoms with Crippen LogP contribution in [0.3, 0.4) is 0 Å². The summed E-state index contributed by atoms with van der Waals surface area (Å²) >= 11 is 10.5. The Labute approximate surface area is 386 Å². The lowest BCUT2D eigenvalue weighted by molar-refractivity contribution is -0.146. The average molecular weight is 924 g/mol. The highest BCUT2D eigenvalue weighted by Gasteiger charge is 2.66. The number of halogens is 1. The molecule has 2 aliphatic carbocycles. The van der Waals surface area contributed by atoms with Crippen molar-refractivity contribution in [2.24, 2.45) is 11.3 Å². The zero-order valence-corrected chi connectivity index (χ0v) is 39.4. The van der Waals surface area contributed by atoms with Gasteiger partial charge in [0.25, 0.3) is 11.8 Å². The van der Waals surface area contributed by atoms with Gasteiger partial charge >= 0.3 is 0 Å². The van der Waals surface area contributed by atoms with Crippen LogP contribution < -0.4 is 26.0 Å². The third kappa shape index (κ3) is 10.6. The lowest BCUT2D eigenvalue weighted by Gasteiger charge is -2.41. The molecule has 3 aliphatic heterocycles. The molecule has 5 aliphatic rings. The molecular weight excluding hydrogens is 860 g/mol. The van der Waals surface area contributed by atoms with Gasteiger partial charge in [-0.2, -0.15) is 5.26 Å². The molecule has 0 radical (unpaired) electrons. The summed E-state index contributed by atoms with van der Waals surface area (Å²) in [5, 5.41) is 21.3. The molecule has 3 saturated heterocycles. The molecule has 2 saturated carbocycles. The van der Waals surface area contributed by atoms with E-state index in [1.54, 1.807) is 49.9 Å². The Morgan fingerprint density at radius 3 is 2.33 bits per heavy atom. The Morgan fingerprint density at radius 2 is 1.72 bits per heavy atom. The summed E-state index contributed by atoms with van der Waals surface area (Å²) in [5.74, 6) is -3.98. The van der Waals surface area contributed by atoms with Gasteiger partial charge in [-0.1, -0.05) is 71.0 Å². The minimum atomic E-state index is -1.24. The van der Waals surface area contributed by atoms with Crippen molar-refractivity contribution in [2.75, 3.05) is 19.6 Å². The number of fused-ring (bicyclic) bond motifs is 2. The van der Waals surface area contributed by atoms with Gasteiger partial charge in [-0.05, 0) is 75.5 Å². The van der Waals surface area contributed by atoms with Gasteiger partial charge in [-0.3, -0.25) is 38.5 Å². The van der Waals surface area contributed by atoms with Gasteiger partial charge < -0.3 is 35.8 Å². The number of amides is 6. The lowest BCUT2D eigenvalue weighted by Crippen LogP contribution is -2.62. The van der Waals surface area contributed by atoms with Gasteiger partial charge in [0.05, 0.1) is 29.6 Å². The van der Waals surface area contributed by atoms with Crippen LogP contribution in [-0.4, -0.2) is 124 Å². The van der Waals surface area contributed by atoms with Gasteiger partial charge in [0.15, 0.2) is 0 Å². The second-order valence-corrected chi connectivity index (χ2v) is 19.9. The number of rotatable bonds is 16. The standard InChI is InChI=1S/C46H63ClN8O8S/c1-7-13-32(36(56)41(59)49-29-18-19-29)50-39(57)34-22-46(54(8-2)43(61)33-21-31(24-55(33)46)63-30-17-12-16-28(47)20-30)25-53(34)44(62)38(45(4,5)6)52-40(58)35(27-14-10-9-11-15-27)51-42(60)37(64)26(3)23-48/h12,16-17,20,27,29,31-35,38,64H,7-11,13-15,18-19,21-22,24-25H2,1-6H3,(H,49,59)(H,50,57)(H,51,60)(H,52,58)/b37-26-/t31-,32?,33-,34-,35-,38+,46?/m0/s1. The predicted octanol–water partition coefficient (Wildman–Crippen LogP) is 3.78. The first-order chi connectivity index (χ1) is 30.3. The van der Waals surface area contributed by atoms with E-state index in [0.29, 0.717) is 43.0 Å². The number of likely N-dealkylation sites (N-methyl/N-ethyl adjacent to an activating group) is 1. The summed E-state index contributed by atoms with van der Waals surface area (Å²) < 4.78 is 6.35. The monoisotopic (exact) mass is 922 g/mol. The van der Waals surface area contributed by atoms with Crippen LogP contribution in [0.15, 0.2) is 34.7 Å². The van der Waals surface area contributed by atoms with Crippen molar-refractivity contribution < 1.29 is 38.3 Å². The Kier molecular flexibility index (Phi) is 15.4. The number of ether oxygens (including phenoxy) is 1. The molecule has 1 aromatic carbocycles. The highest BCUT2D eigenvalue weighted by Crippen LogP contribution is 2.47. The number of carbonyl (C=O) groups excluding carboxylic acids is 7. The molecule has 64 heavy (non-hydrogen) atoms. The van der Waals surface area contributed by atoms with E-state index in [0.717, 1.165) is 32.1 Å². The van der Waals surface area contributed by atoms with Crippen molar-refractivity contribution in [3.63, 3.8) is 0 Å². The van der Waals surface area contributed by atoms with Crippen molar-refractivity contribution in [2.45, 2.75) is 160 Å². The Morgan fingerprint density at radius 1 is 1.02 bits per heavy atom. The molecule has 348 valence electrons. The van der Waals surface area contributed by atoms with Crippen LogP contribution in [0.4, 0.5) is 0 Å². The molecule has 3 heterocycles. The first-order valence-corrected chi connectivity index (χ1v) is 23.5. The maximum absolute atomic E-state index is 15.4. The first kappa shape index (κ1) is 48.8. The summed E-state index contributed by atoms with van der Waals surface area (Å²) in [6.45, 7) is 11.0. The van der Waals surface area contributed by atoms with E-state index in [1.165, 1.54) is 11.8 Å². The van der Waals surface area contributed by atoms with Crippen molar-refractivity contribution >= 4 is 65.5 Å². The number of allylic oxidation sites excluding steroid dienone is 1. The van der Waals surface area contributed by atoms with E-state index in [9.17, 15) is 34.0 Å². The van der Waals surface area contributed by atoms with Crippen molar-refractivity contribution in [1.82, 2.24) is 36.0 Å². The Hall–Kier alpha value is -4.66. The molecular formula is C46H63ClN8O8S. The number of nitrogens with zero attached hydrogens (tertiary/aromatic N) is 4. The van der Waals surface area contributed by atoms with Crippen molar-refractivity contribution in [3.05, 3.63) is 39.8 Å². The van der Waals surface area contributed by atoms with E-state index in [2.05, 4.69) is 33.9 Å². The normalized spacial score (nSPS) is 25.4. The molecule has 0 bridgehead atoms. The molecule has 1 spiro atoms. The van der Waals surface area contributed by atoms with E-state index in [1.807, 2.05) is 24.8 Å². The van der Waals surface area contributed by atoms with Crippen molar-refractivity contribution in [3.8, 4) is 11.8 Å². The number of hydrogen-bond acceptors (Lipinski definition) is 11. The van der Waals surface area contributed by atoms with Crippen LogP contribution in [0.2, 0.25) is 5.02 Å². The van der Waals surface area contributed by atoms with Crippen molar-refractivity contribution in [1.29, 1.82) is 5.26 Å². The van der Waals surface area contributed by atoms with E-state index in [-0.39, 0.29) is 54.3 Å². The topological polar surface area (TPSA) is 210 Å². The van der Waals surface area contributed by atoms with Crippen LogP contribution in [0.1, 0.15) is 112 Å². The minimum Gasteiger partial charge on any atom is -0.489 e. The van der Waals surface area contributed by atoms with Gasteiger partial charge in [-0.15, -0.1) is 12.6 Å². The number of benzene rings is 1. The van der Waals surface area contributed by atoms with Gasteiger partial charge in [0, 0.05) is 42.6 Å². The second-order valence-electron chi connectivity index (χ2n) is 19.1. The van der Waals surface area contributed by atoms with Gasteiger partial charge in [0.2, 0.25) is 29.4 Å². The van der Waals surface area contributed by atoms with Crippen LogP contribution in [-0.2, 0) is 33.6 Å². The Balaban J connectivity index is 1.35. The summed E-state index contributed by atoms with van der Waals surface area (Å²) in [5.41, 5.74) is -2.04. The largest absolute Gasteiger partial charge is 0.489 e. The molecule has 0 aromatic heterocycles. The summed E-state index contributed by atoms with van der Waals surface area (Å²) in [6.07, 6.45) is 6.08. The smallest absolute Gasteiger partial charge is 0.289 e. The Bertz CT molecular complexity index is 2080. The molecule has 2 unspecified atom stereocenters. The van der Waals surface area contributed by atoms with Crippen LogP contribution >= 0.6 is 24.2 Å². The summed E-state index contributed by atoms with van der Waals surface area (Å²) in [4.78, 5) is 104. The number of nitriles is 1. The maximum Gasteiger partial charge on any atom is 0.289 e. The molecule has 16 nitrogen and oxygen atoms in total. The van der Waals surface area contributed by atoms with E-state index < -0.39 is 82.7 Å². The maximum atomic E-state index is 15.4. The average Bonchev–Trinajstić information content (AvgIpc) is 3.76. The molecule has 7 atom stereocenters. The highest BCUT2D eigenvalue weighted by atomic mass is 35.5. The molecule has 6 amide bonds. The predicted molar refractivity (Wildman–Crippen MR) is 241 cm³/mol. The van der Waals surface area contributed by atoms with Gasteiger partial charge in [-0.25, -0.2) is 0 Å². The number of ketones is 1. The SMILES string of the molecule is CCCC(NC(=O)[C@@H]1CC2(CN1C(=O)[C@@H](NC(=O)[C@@H](NC(=O)/C(S)=C(\C)C#N)C1CCCCC1)C(C)(C)C)N(CC)C(=O)[C@@H]1C[C@H](Oc3cccc(Cl)c3)CN12)C(=O)C(=O)NC1CC1. The molecule has 1 aromatic rings. The third-order valence-corrected chi connectivity index (χ3v) is 14.1. The van der Waals surface area contributed by atoms with Crippen LogP contribution in [0.5, 0.6) is 5.75 Å². The fraction of sp³-hybridized carbons (Fsp3) is 0.652. The number of nitrogens with one attached hydrogen (secondary N) is 4. The number of carbonyl (C=O) groups is 7. The molecule has 18 heteroatoms. The first-order valence-electron chi connectivity index (χ1n) is 22.7. The number of likely N-dealkylation sites (tertiary alicyclic amines) is 1. The number of thiol groups is 1. The zero-order chi connectivity index (χ0) is 46.7. The number of hydrogen-bond donors (Lipinski definition) is 5. The fourth-order valence-electron chi connectivity index (χ4n) is 9.85. The van der Waals surface area contributed by atoms with E-state index in [4.69, 9.17) is 16.3 Å². The number of Topliss-reactive ketones (excluding diaryl/α,β-unsaturated/α-hetero) is 1. The van der Waals surface area contributed by atoms with Crippen LogP contribution in [0, 0.1) is 22.7 Å². The lowest BCUT2D eigenvalue weighted by atomic mass is 9.82. The minimum absolute atomic E-state index is 0.0211. The second kappa shape index (κ2) is 20.2. The van der Waals surface area contributed by atoms with Gasteiger partial charge in [0.1, 0.15) is 35.6 Å².